The number of esters is 1. The van der Waals surface area contributed by atoms with Gasteiger partial charge in [0.05, 0.1) is 18.4 Å². The molecule has 1 aromatic heterocycles. The first-order valence-corrected chi connectivity index (χ1v) is 6.88. The van der Waals surface area contributed by atoms with Crippen molar-refractivity contribution in [1.82, 2.24) is 10.6 Å². The average molecular weight is 316 g/mol. The summed E-state index contributed by atoms with van der Waals surface area (Å²) in [4.78, 5) is 34.7. The van der Waals surface area contributed by atoms with Crippen LogP contribution in [0.5, 0.6) is 0 Å². The van der Waals surface area contributed by atoms with Crippen LogP contribution < -0.4 is 10.6 Å². The lowest BCUT2D eigenvalue weighted by Gasteiger charge is -2.07. The summed E-state index contributed by atoms with van der Waals surface area (Å²) in [5.41, 5.74) is 1.35. The molecule has 23 heavy (non-hydrogen) atoms. The molecular formula is C16H16N2O5. The molecule has 0 aliphatic rings. The molecule has 0 unspecified atom stereocenters. The van der Waals surface area contributed by atoms with Crippen molar-refractivity contribution >= 4 is 17.9 Å². The summed E-state index contributed by atoms with van der Waals surface area (Å²) in [6.45, 7) is 1.50. The molecule has 2 rings (SSSR count). The molecule has 1 aromatic carbocycles. The van der Waals surface area contributed by atoms with E-state index in [4.69, 9.17) is 9.15 Å². The van der Waals surface area contributed by atoms with Crippen molar-refractivity contribution in [3.05, 3.63) is 59.5 Å². The summed E-state index contributed by atoms with van der Waals surface area (Å²) in [7, 11) is 0. The average Bonchev–Trinajstić information content (AvgIpc) is 3.05. The molecule has 2 N–H and O–H groups in total. The third kappa shape index (κ3) is 5.31. The van der Waals surface area contributed by atoms with Crippen molar-refractivity contribution in [3.8, 4) is 0 Å². The maximum Gasteiger partial charge on any atom is 0.338 e. The number of carbonyl (C=O) groups excluding carboxylic acids is 3. The number of benzene rings is 1. The Morgan fingerprint density at radius 2 is 1.87 bits per heavy atom. The Kier molecular flexibility index (Phi) is 5.51. The third-order valence-electron chi connectivity index (χ3n) is 2.88. The number of hydrogen-bond donors (Lipinski definition) is 2. The van der Waals surface area contributed by atoms with Gasteiger partial charge in [-0.05, 0) is 31.2 Å². The summed E-state index contributed by atoms with van der Waals surface area (Å²) in [6.07, 6.45) is 1.48. The van der Waals surface area contributed by atoms with Gasteiger partial charge in [-0.1, -0.05) is 17.7 Å². The van der Waals surface area contributed by atoms with Crippen molar-refractivity contribution in [2.75, 3.05) is 6.61 Å². The van der Waals surface area contributed by atoms with Gasteiger partial charge in [-0.15, -0.1) is 0 Å². The Labute approximate surface area is 132 Å². The number of ether oxygens (including phenoxy) is 1. The quantitative estimate of drug-likeness (QED) is 0.819. The zero-order chi connectivity index (χ0) is 16.7. The summed E-state index contributed by atoms with van der Waals surface area (Å²) in [6, 6.07) is 9.41. The molecule has 0 aliphatic carbocycles. The molecule has 0 saturated carbocycles. The standard InChI is InChI=1S/C16H16N2O5/c1-11-4-6-12(7-5-11)15(20)23-10-14(19)18-16(21)17-9-13-3-2-8-22-13/h2-8H,9-10H2,1H3,(H2,17,18,19,21). The maximum absolute atomic E-state index is 11.7. The second kappa shape index (κ2) is 7.79. The van der Waals surface area contributed by atoms with Gasteiger partial charge in [0.25, 0.3) is 5.91 Å². The monoisotopic (exact) mass is 316 g/mol. The fourth-order valence-corrected chi connectivity index (χ4v) is 1.69. The summed E-state index contributed by atoms with van der Waals surface area (Å²) in [5.74, 6) is -0.794. The molecule has 0 aliphatic heterocycles. The van der Waals surface area contributed by atoms with Crippen LogP contribution in [-0.2, 0) is 16.1 Å². The fourth-order valence-electron chi connectivity index (χ4n) is 1.69. The molecule has 0 radical (unpaired) electrons. The zero-order valence-corrected chi connectivity index (χ0v) is 12.5. The van der Waals surface area contributed by atoms with Crippen LogP contribution in [0.3, 0.4) is 0 Å². The van der Waals surface area contributed by atoms with E-state index in [0.29, 0.717) is 11.3 Å². The molecule has 3 amide bonds. The van der Waals surface area contributed by atoms with E-state index in [1.165, 1.54) is 6.26 Å². The second-order valence-corrected chi connectivity index (χ2v) is 4.75. The normalized spacial score (nSPS) is 9.96. The summed E-state index contributed by atoms with van der Waals surface area (Å²) in [5, 5.41) is 4.49. The first-order chi connectivity index (χ1) is 11.0. The van der Waals surface area contributed by atoms with Crippen molar-refractivity contribution in [1.29, 1.82) is 0 Å². The largest absolute Gasteiger partial charge is 0.467 e. The SMILES string of the molecule is Cc1ccc(C(=O)OCC(=O)NC(=O)NCc2ccco2)cc1. The minimum Gasteiger partial charge on any atom is -0.467 e. The molecule has 1 heterocycles. The van der Waals surface area contributed by atoms with Gasteiger partial charge in [-0.25, -0.2) is 9.59 Å². The third-order valence-corrected chi connectivity index (χ3v) is 2.88. The number of imide groups is 1. The molecular weight excluding hydrogens is 300 g/mol. The number of urea groups is 1. The lowest BCUT2D eigenvalue weighted by Crippen LogP contribution is -2.41. The topological polar surface area (TPSA) is 97.6 Å². The van der Waals surface area contributed by atoms with Crippen LogP contribution in [0.2, 0.25) is 0 Å². The Morgan fingerprint density at radius 1 is 1.13 bits per heavy atom. The number of aryl methyl sites for hydroxylation is 1. The van der Waals surface area contributed by atoms with Crippen LogP contribution in [0.25, 0.3) is 0 Å². The smallest absolute Gasteiger partial charge is 0.338 e. The molecule has 2 aromatic rings. The van der Waals surface area contributed by atoms with Crippen LogP contribution in [-0.4, -0.2) is 24.5 Å². The van der Waals surface area contributed by atoms with E-state index in [2.05, 4.69) is 10.6 Å². The van der Waals surface area contributed by atoms with Gasteiger partial charge < -0.3 is 14.5 Å². The van der Waals surface area contributed by atoms with Gasteiger partial charge in [0.2, 0.25) is 0 Å². The highest BCUT2D eigenvalue weighted by Gasteiger charge is 2.12. The van der Waals surface area contributed by atoms with E-state index in [0.717, 1.165) is 5.56 Å². The molecule has 0 spiro atoms. The van der Waals surface area contributed by atoms with Gasteiger partial charge in [-0.3, -0.25) is 10.1 Å². The van der Waals surface area contributed by atoms with Crippen LogP contribution in [0.15, 0.2) is 47.1 Å². The van der Waals surface area contributed by atoms with Crippen molar-refractivity contribution in [2.45, 2.75) is 13.5 Å². The Balaban J connectivity index is 1.70. The van der Waals surface area contributed by atoms with Gasteiger partial charge in [0.15, 0.2) is 6.61 Å². The van der Waals surface area contributed by atoms with E-state index in [-0.39, 0.29) is 6.54 Å². The van der Waals surface area contributed by atoms with E-state index in [1.54, 1.807) is 36.4 Å². The van der Waals surface area contributed by atoms with Gasteiger partial charge in [-0.2, -0.15) is 0 Å². The second-order valence-electron chi connectivity index (χ2n) is 4.75. The fraction of sp³-hybridized carbons (Fsp3) is 0.188. The molecule has 0 bridgehead atoms. The Morgan fingerprint density at radius 3 is 2.52 bits per heavy atom. The zero-order valence-electron chi connectivity index (χ0n) is 12.5. The molecule has 0 atom stereocenters. The maximum atomic E-state index is 11.7. The summed E-state index contributed by atoms with van der Waals surface area (Å²) >= 11 is 0. The number of hydrogen-bond acceptors (Lipinski definition) is 5. The Hall–Kier alpha value is -3.09. The minimum atomic E-state index is -0.720. The first kappa shape index (κ1) is 16.3. The van der Waals surface area contributed by atoms with Gasteiger partial charge in [0.1, 0.15) is 5.76 Å². The van der Waals surface area contributed by atoms with Crippen LogP contribution in [0.1, 0.15) is 21.7 Å². The molecule has 120 valence electrons. The number of rotatable bonds is 5. The highest BCUT2D eigenvalue weighted by Crippen LogP contribution is 2.04. The predicted octanol–water partition coefficient (Wildman–Crippen LogP) is 1.77. The van der Waals surface area contributed by atoms with Gasteiger partial charge in [0, 0.05) is 0 Å². The minimum absolute atomic E-state index is 0.148. The lowest BCUT2D eigenvalue weighted by molar-refractivity contribution is -0.123. The first-order valence-electron chi connectivity index (χ1n) is 6.88. The molecule has 7 nitrogen and oxygen atoms in total. The Bertz CT molecular complexity index is 677. The van der Waals surface area contributed by atoms with Crippen molar-refractivity contribution in [2.24, 2.45) is 0 Å². The predicted molar refractivity (Wildman–Crippen MR) is 80.5 cm³/mol. The lowest BCUT2D eigenvalue weighted by atomic mass is 10.1. The number of amides is 3. The van der Waals surface area contributed by atoms with E-state index in [9.17, 15) is 14.4 Å². The molecule has 0 fully saturated rings. The highest BCUT2D eigenvalue weighted by molar-refractivity contribution is 5.96. The highest BCUT2D eigenvalue weighted by atomic mass is 16.5. The summed E-state index contributed by atoms with van der Waals surface area (Å²) < 4.78 is 9.86. The molecule has 7 heteroatoms. The number of carbonyl (C=O) groups is 3. The van der Waals surface area contributed by atoms with Crippen LogP contribution >= 0.6 is 0 Å². The van der Waals surface area contributed by atoms with Crippen LogP contribution in [0.4, 0.5) is 4.79 Å². The number of furan rings is 1. The van der Waals surface area contributed by atoms with Crippen molar-refractivity contribution in [3.63, 3.8) is 0 Å². The van der Waals surface area contributed by atoms with E-state index >= 15 is 0 Å². The van der Waals surface area contributed by atoms with E-state index < -0.39 is 24.5 Å². The van der Waals surface area contributed by atoms with E-state index in [1.807, 2.05) is 6.92 Å². The van der Waals surface area contributed by atoms with Gasteiger partial charge >= 0.3 is 12.0 Å². The van der Waals surface area contributed by atoms with Crippen LogP contribution in [0, 0.1) is 6.92 Å². The number of nitrogens with one attached hydrogen (secondary N) is 2. The molecule has 0 saturated heterocycles. The van der Waals surface area contributed by atoms with Crippen molar-refractivity contribution < 1.29 is 23.5 Å².